The average molecular weight is 195 g/mol. The van der Waals surface area contributed by atoms with Gasteiger partial charge in [-0.1, -0.05) is 19.8 Å². The molecule has 0 bridgehead atoms. The van der Waals surface area contributed by atoms with E-state index in [0.717, 1.165) is 0 Å². The summed E-state index contributed by atoms with van der Waals surface area (Å²) in [6.07, 6.45) is 11.9. The van der Waals surface area contributed by atoms with Crippen LogP contribution < -0.4 is 4.57 Å². The molecule has 1 aromatic heterocycles. The topological polar surface area (TPSA) is 8.81 Å². The van der Waals surface area contributed by atoms with E-state index in [4.69, 9.17) is 0 Å². The van der Waals surface area contributed by atoms with Crippen LogP contribution >= 0.6 is 0 Å². The van der Waals surface area contributed by atoms with E-state index in [1.54, 1.807) is 0 Å². The van der Waals surface area contributed by atoms with Crippen molar-refractivity contribution < 1.29 is 4.57 Å². The van der Waals surface area contributed by atoms with E-state index in [0.29, 0.717) is 6.04 Å². The third kappa shape index (κ3) is 3.52. The number of unbranched alkanes of at least 4 members (excludes halogenated alkanes) is 3. The van der Waals surface area contributed by atoms with Gasteiger partial charge < -0.3 is 0 Å². The van der Waals surface area contributed by atoms with E-state index in [9.17, 15) is 0 Å². The zero-order valence-electron chi connectivity index (χ0n) is 9.74. The summed E-state index contributed by atoms with van der Waals surface area (Å²) in [6.45, 7) is 7.84. The van der Waals surface area contributed by atoms with Crippen molar-refractivity contribution in [2.24, 2.45) is 0 Å². The standard InChI is InChI=1S/C12H23N2/c1-4-5-6-7-8-13-9-10-14(11-13)12(2)3/h9-12H,4-8H2,1-3H3/q+1. The molecule has 1 rings (SSSR count). The minimum atomic E-state index is 0.576. The van der Waals surface area contributed by atoms with Crippen LogP contribution in [0.1, 0.15) is 52.5 Å². The minimum absolute atomic E-state index is 0.576. The Morgan fingerprint density at radius 1 is 1.21 bits per heavy atom. The maximum atomic E-state index is 2.29. The average Bonchev–Trinajstić information content (AvgIpc) is 2.61. The molecule has 0 saturated carbocycles. The quantitative estimate of drug-likeness (QED) is 0.487. The highest BCUT2D eigenvalue weighted by Gasteiger charge is 2.05. The fourth-order valence-corrected chi connectivity index (χ4v) is 1.57. The third-order valence-corrected chi connectivity index (χ3v) is 2.58. The van der Waals surface area contributed by atoms with Crippen molar-refractivity contribution in [2.45, 2.75) is 59.0 Å². The lowest BCUT2D eigenvalue weighted by molar-refractivity contribution is -0.697. The molecule has 0 amide bonds. The highest BCUT2D eigenvalue weighted by Crippen LogP contribution is 2.01. The molecule has 0 unspecified atom stereocenters. The zero-order valence-corrected chi connectivity index (χ0v) is 9.74. The van der Waals surface area contributed by atoms with E-state index >= 15 is 0 Å². The number of nitrogens with zero attached hydrogens (tertiary/aromatic N) is 2. The van der Waals surface area contributed by atoms with Gasteiger partial charge in [0.1, 0.15) is 12.4 Å². The second-order valence-corrected chi connectivity index (χ2v) is 4.25. The Morgan fingerprint density at radius 2 is 2.00 bits per heavy atom. The monoisotopic (exact) mass is 195 g/mol. The van der Waals surface area contributed by atoms with Crippen molar-refractivity contribution in [1.82, 2.24) is 4.57 Å². The van der Waals surface area contributed by atoms with Crippen LogP contribution in [0.2, 0.25) is 0 Å². The molecule has 2 heteroatoms. The van der Waals surface area contributed by atoms with Gasteiger partial charge in [0.05, 0.1) is 12.6 Å². The SMILES string of the molecule is CCCCCC[n+]1ccn(C(C)C)c1. The predicted octanol–water partition coefficient (Wildman–Crippen LogP) is 2.94. The molecule has 0 fully saturated rings. The molecule has 80 valence electrons. The summed E-state index contributed by atoms with van der Waals surface area (Å²) in [6, 6.07) is 0.576. The number of aryl methyl sites for hydroxylation is 1. The summed E-state index contributed by atoms with van der Waals surface area (Å²) in [5.41, 5.74) is 0. The van der Waals surface area contributed by atoms with Gasteiger partial charge in [-0.05, 0) is 26.7 Å². The number of rotatable bonds is 6. The summed E-state index contributed by atoms with van der Waals surface area (Å²) >= 11 is 0. The maximum Gasteiger partial charge on any atom is 0.243 e. The Balaban J connectivity index is 2.29. The summed E-state index contributed by atoms with van der Waals surface area (Å²) in [5, 5.41) is 0. The molecule has 0 spiro atoms. The van der Waals surface area contributed by atoms with Gasteiger partial charge in [-0.3, -0.25) is 0 Å². The Labute approximate surface area is 87.6 Å². The van der Waals surface area contributed by atoms with Gasteiger partial charge in [0.15, 0.2) is 0 Å². The van der Waals surface area contributed by atoms with Crippen molar-refractivity contribution >= 4 is 0 Å². The van der Waals surface area contributed by atoms with Crippen LogP contribution in [0.5, 0.6) is 0 Å². The summed E-state index contributed by atoms with van der Waals surface area (Å²) < 4.78 is 4.54. The van der Waals surface area contributed by atoms with E-state index in [1.165, 1.54) is 32.2 Å². The first-order chi connectivity index (χ1) is 6.74. The number of aromatic nitrogens is 2. The first-order valence-electron chi connectivity index (χ1n) is 5.80. The molecule has 0 radical (unpaired) electrons. The molecule has 1 aromatic rings. The molecular weight excluding hydrogens is 172 g/mol. The first-order valence-corrected chi connectivity index (χ1v) is 5.80. The fourth-order valence-electron chi connectivity index (χ4n) is 1.57. The lowest BCUT2D eigenvalue weighted by Crippen LogP contribution is -2.30. The lowest BCUT2D eigenvalue weighted by Gasteiger charge is -1.98. The number of hydrogen-bond donors (Lipinski definition) is 0. The predicted molar refractivity (Wildman–Crippen MR) is 59.2 cm³/mol. The van der Waals surface area contributed by atoms with Crippen LogP contribution in [0, 0.1) is 0 Å². The van der Waals surface area contributed by atoms with Crippen LogP contribution in [0.25, 0.3) is 0 Å². The Hall–Kier alpha value is -0.790. The molecule has 0 aromatic carbocycles. The third-order valence-electron chi connectivity index (χ3n) is 2.58. The van der Waals surface area contributed by atoms with Gasteiger partial charge in [-0.15, -0.1) is 0 Å². The van der Waals surface area contributed by atoms with E-state index in [2.05, 4.69) is 48.6 Å². The smallest absolute Gasteiger partial charge is 0.237 e. The van der Waals surface area contributed by atoms with Gasteiger partial charge in [0.25, 0.3) is 0 Å². The molecule has 14 heavy (non-hydrogen) atoms. The fraction of sp³-hybridized carbons (Fsp3) is 0.750. The molecule has 0 aliphatic heterocycles. The zero-order chi connectivity index (χ0) is 10.4. The van der Waals surface area contributed by atoms with E-state index < -0.39 is 0 Å². The van der Waals surface area contributed by atoms with Crippen LogP contribution in [0.15, 0.2) is 18.7 Å². The summed E-state index contributed by atoms with van der Waals surface area (Å²) in [4.78, 5) is 0. The highest BCUT2D eigenvalue weighted by atomic mass is 15.1. The van der Waals surface area contributed by atoms with E-state index in [1.807, 2.05) is 0 Å². The van der Waals surface area contributed by atoms with Crippen molar-refractivity contribution in [1.29, 1.82) is 0 Å². The highest BCUT2D eigenvalue weighted by molar-refractivity contribution is 4.69. The normalized spacial score (nSPS) is 11.1. The number of imidazole rings is 1. The second-order valence-electron chi connectivity index (χ2n) is 4.25. The molecule has 0 saturated heterocycles. The Bertz CT molecular complexity index is 251. The summed E-state index contributed by atoms with van der Waals surface area (Å²) in [5.74, 6) is 0. The van der Waals surface area contributed by atoms with Gasteiger partial charge >= 0.3 is 0 Å². The molecule has 0 aliphatic carbocycles. The van der Waals surface area contributed by atoms with Crippen molar-refractivity contribution in [2.75, 3.05) is 0 Å². The van der Waals surface area contributed by atoms with Gasteiger partial charge in [-0.25, -0.2) is 9.13 Å². The molecule has 0 aliphatic rings. The Morgan fingerprint density at radius 3 is 2.57 bits per heavy atom. The van der Waals surface area contributed by atoms with Crippen LogP contribution in [-0.4, -0.2) is 4.57 Å². The molecule has 0 atom stereocenters. The van der Waals surface area contributed by atoms with Crippen molar-refractivity contribution in [3.05, 3.63) is 18.7 Å². The Kier molecular flexibility index (Phi) is 4.71. The van der Waals surface area contributed by atoms with Crippen LogP contribution in [0.4, 0.5) is 0 Å². The molecule has 2 nitrogen and oxygen atoms in total. The molecule has 0 N–H and O–H groups in total. The minimum Gasteiger partial charge on any atom is -0.237 e. The van der Waals surface area contributed by atoms with Crippen molar-refractivity contribution in [3.63, 3.8) is 0 Å². The summed E-state index contributed by atoms with van der Waals surface area (Å²) in [7, 11) is 0. The van der Waals surface area contributed by atoms with Crippen LogP contribution in [0.3, 0.4) is 0 Å². The van der Waals surface area contributed by atoms with Gasteiger partial charge in [-0.2, -0.15) is 0 Å². The van der Waals surface area contributed by atoms with Crippen molar-refractivity contribution in [3.8, 4) is 0 Å². The van der Waals surface area contributed by atoms with Gasteiger partial charge in [0, 0.05) is 0 Å². The largest absolute Gasteiger partial charge is 0.243 e. The molecular formula is C12H23N2+. The van der Waals surface area contributed by atoms with Crippen LogP contribution in [-0.2, 0) is 6.54 Å². The number of hydrogen-bond acceptors (Lipinski definition) is 0. The van der Waals surface area contributed by atoms with Gasteiger partial charge in [0.2, 0.25) is 6.33 Å². The molecule has 1 heterocycles. The first kappa shape index (κ1) is 11.3. The second kappa shape index (κ2) is 5.84. The van der Waals surface area contributed by atoms with E-state index in [-0.39, 0.29) is 0 Å². The lowest BCUT2D eigenvalue weighted by atomic mass is 10.2. The maximum absolute atomic E-state index is 2.29.